The summed E-state index contributed by atoms with van der Waals surface area (Å²) < 4.78 is 27.7. The van der Waals surface area contributed by atoms with Gasteiger partial charge in [-0.3, -0.25) is 4.90 Å². The molecule has 1 aliphatic heterocycles. The Morgan fingerprint density at radius 1 is 1.06 bits per heavy atom. The summed E-state index contributed by atoms with van der Waals surface area (Å²) in [5.74, 6) is 0. The summed E-state index contributed by atoms with van der Waals surface area (Å²) in [5.41, 5.74) is 0. The van der Waals surface area contributed by atoms with Crippen LogP contribution in [-0.4, -0.2) is 67.2 Å². The lowest BCUT2D eigenvalue weighted by Crippen LogP contribution is -2.54. The first-order valence-corrected chi connectivity index (χ1v) is 7.82. The van der Waals surface area contributed by atoms with Crippen molar-refractivity contribution < 1.29 is 8.42 Å². The van der Waals surface area contributed by atoms with Crippen molar-refractivity contribution in [3.63, 3.8) is 0 Å². The van der Waals surface area contributed by atoms with E-state index in [9.17, 15) is 8.42 Å². The van der Waals surface area contributed by atoms with Crippen LogP contribution in [0.5, 0.6) is 0 Å². The Bertz CT molecular complexity index is 318. The van der Waals surface area contributed by atoms with Gasteiger partial charge < -0.3 is 0 Å². The highest BCUT2D eigenvalue weighted by Crippen LogP contribution is 2.13. The Morgan fingerprint density at radius 3 is 1.88 bits per heavy atom. The molecule has 1 heterocycles. The molecule has 0 atom stereocenters. The topological polar surface area (TPSA) is 43.9 Å². The lowest BCUT2D eigenvalue weighted by molar-refractivity contribution is 0.149. The lowest BCUT2D eigenvalue weighted by Gasteiger charge is -2.38. The Balaban J connectivity index is 2.64. The number of hydrogen-bond acceptors (Lipinski definition) is 3. The fourth-order valence-electron chi connectivity index (χ4n) is 2.16. The van der Waals surface area contributed by atoms with E-state index < -0.39 is 10.2 Å². The Morgan fingerprint density at radius 2 is 1.53 bits per heavy atom. The predicted molar refractivity (Wildman–Crippen MR) is 70.1 cm³/mol. The molecular formula is C11H25N3O2S. The smallest absolute Gasteiger partial charge is 0.282 e. The fraction of sp³-hybridized carbons (Fsp3) is 1.00. The van der Waals surface area contributed by atoms with Crippen LogP contribution in [0.2, 0.25) is 0 Å². The molecule has 1 aliphatic rings. The van der Waals surface area contributed by atoms with Crippen molar-refractivity contribution in [2.45, 2.75) is 33.7 Å². The SMILES string of the molecule is CCN(CC)S(=O)(=O)N1CCN(C(C)C)CC1. The van der Waals surface area contributed by atoms with Crippen LogP contribution in [0.15, 0.2) is 0 Å². The molecule has 0 bridgehead atoms. The minimum atomic E-state index is -3.23. The summed E-state index contributed by atoms with van der Waals surface area (Å²) in [4.78, 5) is 2.31. The maximum Gasteiger partial charge on any atom is 0.282 e. The third-order valence-electron chi connectivity index (χ3n) is 3.36. The summed E-state index contributed by atoms with van der Waals surface area (Å²) in [6.45, 7) is 12.0. The molecule has 0 radical (unpaired) electrons. The third kappa shape index (κ3) is 3.40. The van der Waals surface area contributed by atoms with Crippen LogP contribution in [0.1, 0.15) is 27.7 Å². The molecule has 0 aromatic rings. The molecule has 0 aromatic heterocycles. The first kappa shape index (κ1) is 14.9. The maximum absolute atomic E-state index is 12.3. The first-order valence-electron chi connectivity index (χ1n) is 6.42. The summed E-state index contributed by atoms with van der Waals surface area (Å²) in [7, 11) is -3.23. The van der Waals surface area contributed by atoms with Crippen molar-refractivity contribution in [3.8, 4) is 0 Å². The van der Waals surface area contributed by atoms with E-state index in [1.165, 1.54) is 4.31 Å². The summed E-state index contributed by atoms with van der Waals surface area (Å²) in [6, 6.07) is 0.494. The molecule has 6 heteroatoms. The van der Waals surface area contributed by atoms with Crippen LogP contribution in [0.25, 0.3) is 0 Å². The molecule has 0 spiro atoms. The van der Waals surface area contributed by atoms with Crippen molar-refractivity contribution in [1.82, 2.24) is 13.5 Å². The van der Waals surface area contributed by atoms with E-state index in [1.807, 2.05) is 13.8 Å². The predicted octanol–water partition coefficient (Wildman–Crippen LogP) is 0.599. The van der Waals surface area contributed by atoms with Gasteiger partial charge in [-0.05, 0) is 13.8 Å². The third-order valence-corrected chi connectivity index (χ3v) is 5.55. The van der Waals surface area contributed by atoms with Crippen molar-refractivity contribution in [1.29, 1.82) is 0 Å². The van der Waals surface area contributed by atoms with Crippen molar-refractivity contribution >= 4 is 10.2 Å². The van der Waals surface area contributed by atoms with Gasteiger partial charge >= 0.3 is 0 Å². The average Bonchev–Trinajstić information content (AvgIpc) is 2.30. The van der Waals surface area contributed by atoms with Gasteiger partial charge in [-0.1, -0.05) is 13.8 Å². The van der Waals surface area contributed by atoms with Crippen LogP contribution < -0.4 is 0 Å². The van der Waals surface area contributed by atoms with E-state index in [2.05, 4.69) is 18.7 Å². The molecule has 1 fully saturated rings. The molecule has 0 aromatic carbocycles. The minimum absolute atomic E-state index is 0.494. The molecule has 5 nitrogen and oxygen atoms in total. The Kier molecular flexibility index (Phi) is 5.37. The van der Waals surface area contributed by atoms with Gasteiger partial charge in [-0.25, -0.2) is 0 Å². The monoisotopic (exact) mass is 263 g/mol. The second kappa shape index (κ2) is 6.13. The van der Waals surface area contributed by atoms with Crippen molar-refractivity contribution in [2.75, 3.05) is 39.3 Å². The van der Waals surface area contributed by atoms with Gasteiger partial charge in [-0.2, -0.15) is 17.0 Å². The fourth-order valence-corrected chi connectivity index (χ4v) is 3.77. The number of piperazine rings is 1. The Hall–Kier alpha value is -0.170. The molecule has 1 rings (SSSR count). The first-order chi connectivity index (χ1) is 7.93. The van der Waals surface area contributed by atoms with Crippen LogP contribution in [-0.2, 0) is 10.2 Å². The van der Waals surface area contributed by atoms with E-state index in [0.717, 1.165) is 13.1 Å². The van der Waals surface area contributed by atoms with E-state index in [0.29, 0.717) is 32.2 Å². The zero-order valence-corrected chi connectivity index (χ0v) is 12.2. The van der Waals surface area contributed by atoms with Crippen LogP contribution in [0.3, 0.4) is 0 Å². The van der Waals surface area contributed by atoms with Gasteiger partial charge in [0.15, 0.2) is 0 Å². The number of rotatable bonds is 5. The normalized spacial score (nSPS) is 20.4. The summed E-state index contributed by atoms with van der Waals surface area (Å²) >= 11 is 0. The highest BCUT2D eigenvalue weighted by atomic mass is 32.2. The highest BCUT2D eigenvalue weighted by molar-refractivity contribution is 7.86. The van der Waals surface area contributed by atoms with Gasteiger partial charge in [-0.15, -0.1) is 0 Å². The molecule has 0 amide bonds. The van der Waals surface area contributed by atoms with Crippen LogP contribution >= 0.6 is 0 Å². The molecule has 0 saturated carbocycles. The molecule has 0 N–H and O–H groups in total. The second-order valence-corrected chi connectivity index (χ2v) is 6.55. The molecular weight excluding hydrogens is 238 g/mol. The molecule has 0 aliphatic carbocycles. The van der Waals surface area contributed by atoms with Crippen LogP contribution in [0, 0.1) is 0 Å². The molecule has 17 heavy (non-hydrogen) atoms. The standard InChI is InChI=1S/C11H25N3O2S/c1-5-13(6-2)17(15,16)14-9-7-12(8-10-14)11(3)4/h11H,5-10H2,1-4H3. The zero-order valence-electron chi connectivity index (χ0n) is 11.4. The van der Waals surface area contributed by atoms with Gasteiger partial charge in [0, 0.05) is 45.3 Å². The quantitative estimate of drug-likeness (QED) is 0.729. The second-order valence-electron chi connectivity index (χ2n) is 4.62. The van der Waals surface area contributed by atoms with Gasteiger partial charge in [0.1, 0.15) is 0 Å². The Labute approximate surface area is 106 Å². The van der Waals surface area contributed by atoms with Gasteiger partial charge in [0.05, 0.1) is 0 Å². The minimum Gasteiger partial charge on any atom is -0.298 e. The number of hydrogen-bond donors (Lipinski definition) is 0. The summed E-state index contributed by atoms with van der Waals surface area (Å²) in [5, 5.41) is 0. The zero-order chi connectivity index (χ0) is 13.1. The van der Waals surface area contributed by atoms with Crippen LogP contribution in [0.4, 0.5) is 0 Å². The van der Waals surface area contributed by atoms with E-state index >= 15 is 0 Å². The molecule has 102 valence electrons. The van der Waals surface area contributed by atoms with E-state index in [4.69, 9.17) is 0 Å². The van der Waals surface area contributed by atoms with E-state index in [-0.39, 0.29) is 0 Å². The molecule has 1 saturated heterocycles. The van der Waals surface area contributed by atoms with Gasteiger partial charge in [0.25, 0.3) is 10.2 Å². The van der Waals surface area contributed by atoms with Crippen molar-refractivity contribution in [2.24, 2.45) is 0 Å². The number of nitrogens with zero attached hydrogens (tertiary/aromatic N) is 3. The highest BCUT2D eigenvalue weighted by Gasteiger charge is 2.31. The van der Waals surface area contributed by atoms with Gasteiger partial charge in [0.2, 0.25) is 0 Å². The largest absolute Gasteiger partial charge is 0.298 e. The lowest BCUT2D eigenvalue weighted by atomic mass is 10.3. The van der Waals surface area contributed by atoms with E-state index in [1.54, 1.807) is 4.31 Å². The maximum atomic E-state index is 12.3. The summed E-state index contributed by atoms with van der Waals surface area (Å²) in [6.07, 6.45) is 0. The molecule has 0 unspecified atom stereocenters. The van der Waals surface area contributed by atoms with Crippen molar-refractivity contribution in [3.05, 3.63) is 0 Å². The average molecular weight is 263 g/mol.